The van der Waals surface area contributed by atoms with E-state index in [0.29, 0.717) is 0 Å². The Morgan fingerprint density at radius 2 is 1.12 bits per heavy atom. The minimum atomic E-state index is -0.861. The molecule has 0 nitrogen and oxygen atoms in total. The third-order valence-corrected chi connectivity index (χ3v) is 1.85. The smallest absolute Gasteiger partial charge is 0.343 e. The van der Waals surface area contributed by atoms with Crippen molar-refractivity contribution < 1.29 is 19.5 Å². The van der Waals surface area contributed by atoms with E-state index in [1.165, 1.54) is 44.9 Å². The maximum absolute atomic E-state index is 3.91. The van der Waals surface area contributed by atoms with Crippen LogP contribution in [0, 0.1) is 13.5 Å². The van der Waals surface area contributed by atoms with Crippen LogP contribution < -0.4 is 0 Å². The molecular formula is C14H32SiZn. The molecule has 2 heteroatoms. The van der Waals surface area contributed by atoms with Crippen molar-refractivity contribution in [1.29, 1.82) is 0 Å². The van der Waals surface area contributed by atoms with Crippen LogP contribution in [0.1, 0.15) is 58.3 Å². The van der Waals surface area contributed by atoms with E-state index in [1.807, 2.05) is 0 Å². The van der Waals surface area contributed by atoms with Gasteiger partial charge in [-0.3, -0.25) is 0 Å². The van der Waals surface area contributed by atoms with E-state index in [1.54, 1.807) is 0 Å². The van der Waals surface area contributed by atoms with Crippen molar-refractivity contribution >= 4 is 8.07 Å². The third-order valence-electron chi connectivity index (χ3n) is 1.85. The molecular weight excluding hydrogens is 262 g/mol. The number of hydrogen-bond acceptors (Lipinski definition) is 0. The Morgan fingerprint density at radius 3 is 1.44 bits per heavy atom. The first-order valence-corrected chi connectivity index (χ1v) is 10.3. The first-order valence-electron chi connectivity index (χ1n) is 6.56. The summed E-state index contributed by atoms with van der Waals surface area (Å²) in [6.07, 6.45) is 10.9. The first-order chi connectivity index (χ1) is 6.91. The number of unbranched alkanes of at least 4 members (excludes halogenated alkanes) is 7. The largest absolute Gasteiger partial charge is 2.00 e. The van der Waals surface area contributed by atoms with Gasteiger partial charge in [0.2, 0.25) is 0 Å². The maximum atomic E-state index is 3.91. The minimum absolute atomic E-state index is 0. The topological polar surface area (TPSA) is 0 Å². The second-order valence-electron chi connectivity index (χ2n) is 5.54. The van der Waals surface area contributed by atoms with Crippen LogP contribution in [0.3, 0.4) is 0 Å². The summed E-state index contributed by atoms with van der Waals surface area (Å²) < 4.78 is 0. The Balaban J connectivity index is -0.000000242. The minimum Gasteiger partial charge on any atom is -0.343 e. The molecule has 0 amide bonds. The molecule has 0 aromatic rings. The van der Waals surface area contributed by atoms with Crippen molar-refractivity contribution in [3.63, 3.8) is 0 Å². The summed E-state index contributed by atoms with van der Waals surface area (Å²) in [4.78, 5) is 0. The van der Waals surface area contributed by atoms with Crippen LogP contribution in [0.5, 0.6) is 0 Å². The molecule has 0 aliphatic rings. The van der Waals surface area contributed by atoms with E-state index >= 15 is 0 Å². The molecule has 0 atom stereocenters. The Labute approximate surface area is 119 Å². The Morgan fingerprint density at radius 1 is 0.812 bits per heavy atom. The molecule has 0 fully saturated rings. The van der Waals surface area contributed by atoms with Gasteiger partial charge in [-0.15, -0.1) is 8.07 Å². The van der Waals surface area contributed by atoms with Crippen molar-refractivity contribution in [2.45, 2.75) is 77.9 Å². The van der Waals surface area contributed by atoms with E-state index in [9.17, 15) is 0 Å². The zero-order valence-electron chi connectivity index (χ0n) is 12.3. The number of hydrogen-bond donors (Lipinski definition) is 0. The van der Waals surface area contributed by atoms with Crippen LogP contribution in [-0.2, 0) is 19.5 Å². The summed E-state index contributed by atoms with van der Waals surface area (Å²) in [5.74, 6) is 0. The van der Waals surface area contributed by atoms with Gasteiger partial charge < -0.3 is 13.5 Å². The summed E-state index contributed by atoms with van der Waals surface area (Å²) in [5.41, 5.74) is 0. The van der Waals surface area contributed by atoms with Gasteiger partial charge in [0.25, 0.3) is 0 Å². The van der Waals surface area contributed by atoms with E-state index in [4.69, 9.17) is 0 Å². The van der Waals surface area contributed by atoms with Gasteiger partial charge in [-0.1, -0.05) is 71.5 Å². The molecule has 0 aromatic carbocycles. The molecule has 0 aliphatic heterocycles. The quantitative estimate of drug-likeness (QED) is 0.323. The summed E-state index contributed by atoms with van der Waals surface area (Å²) >= 11 is 0. The normalized spacial score (nSPS) is 10.1. The predicted molar refractivity (Wildman–Crippen MR) is 76.7 cm³/mol. The van der Waals surface area contributed by atoms with Gasteiger partial charge in [-0.25, -0.2) is 0 Å². The average molecular weight is 294 g/mol. The van der Waals surface area contributed by atoms with Gasteiger partial charge in [0, 0.05) is 0 Å². The Bertz CT molecular complexity index is 93.8. The molecule has 0 N–H and O–H groups in total. The van der Waals surface area contributed by atoms with Crippen LogP contribution in [-0.4, -0.2) is 8.07 Å². The zero-order chi connectivity index (χ0) is 12.2. The fraction of sp³-hybridized carbons (Fsp3) is 0.857. The standard InChI is InChI=1S/C10H21.C4H11Si.Zn/c1-3-5-7-9-10-8-6-4-2;1-5(2,3)4;/h1,3-10H2,2H3;1H2,2-4H3;/q2*-1;+2. The van der Waals surface area contributed by atoms with Gasteiger partial charge in [0.15, 0.2) is 0 Å². The molecule has 0 spiro atoms. The predicted octanol–water partition coefficient (Wildman–Crippen LogP) is 5.66. The fourth-order valence-corrected chi connectivity index (χ4v) is 1.13. The van der Waals surface area contributed by atoms with Crippen LogP contribution in [0.15, 0.2) is 0 Å². The van der Waals surface area contributed by atoms with Crippen molar-refractivity contribution in [3.05, 3.63) is 13.5 Å². The molecule has 0 unspecified atom stereocenters. The summed E-state index contributed by atoms with van der Waals surface area (Å²) in [7, 11) is -0.861. The molecule has 0 saturated carbocycles. The van der Waals surface area contributed by atoms with E-state index in [0.717, 1.165) is 6.42 Å². The average Bonchev–Trinajstić information content (AvgIpc) is 2.08. The first kappa shape index (κ1) is 22.1. The molecule has 0 aromatic heterocycles. The van der Waals surface area contributed by atoms with Crippen molar-refractivity contribution in [3.8, 4) is 0 Å². The van der Waals surface area contributed by atoms with Gasteiger partial charge in [-0.05, 0) is 0 Å². The second kappa shape index (κ2) is 15.8. The van der Waals surface area contributed by atoms with Crippen LogP contribution >= 0.6 is 0 Å². The fourth-order valence-electron chi connectivity index (χ4n) is 1.13. The van der Waals surface area contributed by atoms with Crippen molar-refractivity contribution in [2.24, 2.45) is 0 Å². The molecule has 0 saturated heterocycles. The van der Waals surface area contributed by atoms with Crippen molar-refractivity contribution in [1.82, 2.24) is 0 Å². The summed E-state index contributed by atoms with van der Waals surface area (Å²) in [6.45, 7) is 16.6. The number of rotatable bonds is 7. The molecule has 0 heterocycles. The second-order valence-corrected chi connectivity index (χ2v) is 10.7. The van der Waals surface area contributed by atoms with Crippen LogP contribution in [0.25, 0.3) is 0 Å². The monoisotopic (exact) mass is 292 g/mol. The van der Waals surface area contributed by atoms with Crippen LogP contribution in [0.2, 0.25) is 19.6 Å². The van der Waals surface area contributed by atoms with Crippen LogP contribution in [0.4, 0.5) is 0 Å². The zero-order valence-corrected chi connectivity index (χ0v) is 16.2. The molecule has 0 radical (unpaired) electrons. The van der Waals surface area contributed by atoms with Gasteiger partial charge >= 0.3 is 19.5 Å². The van der Waals surface area contributed by atoms with E-state index in [-0.39, 0.29) is 19.5 Å². The SMILES string of the molecule is [CH2-]CCCCCCCCC.[CH2-][Si](C)(C)C.[Zn+2]. The maximum Gasteiger partial charge on any atom is 2.00 e. The van der Waals surface area contributed by atoms with E-state index < -0.39 is 8.07 Å². The molecule has 94 valence electrons. The molecule has 0 bridgehead atoms. The van der Waals surface area contributed by atoms with Gasteiger partial charge in [-0.2, -0.15) is 6.42 Å². The summed E-state index contributed by atoms with van der Waals surface area (Å²) in [5, 5.41) is 0. The third kappa shape index (κ3) is 46.2. The Hall–Kier alpha value is 0.840. The molecule has 0 aliphatic carbocycles. The Kier molecular flexibility index (Phi) is 21.8. The summed E-state index contributed by atoms with van der Waals surface area (Å²) in [6, 6.07) is 0. The van der Waals surface area contributed by atoms with Crippen molar-refractivity contribution in [2.75, 3.05) is 0 Å². The van der Waals surface area contributed by atoms with E-state index in [2.05, 4.69) is 40.0 Å². The van der Waals surface area contributed by atoms with Gasteiger partial charge in [0.1, 0.15) is 0 Å². The van der Waals surface area contributed by atoms with Gasteiger partial charge in [0.05, 0.1) is 0 Å². The molecule has 16 heavy (non-hydrogen) atoms. The molecule has 0 rings (SSSR count).